The predicted molar refractivity (Wildman–Crippen MR) is 230 cm³/mol. The van der Waals surface area contributed by atoms with Crippen LogP contribution in [0.15, 0.2) is 50.9 Å². The molecule has 11 heteroatoms. The first-order valence-electron chi connectivity index (χ1n) is 20.3. The van der Waals surface area contributed by atoms with Crippen molar-refractivity contribution >= 4 is 27.8 Å². The lowest BCUT2D eigenvalue weighted by molar-refractivity contribution is -0.232. The van der Waals surface area contributed by atoms with Crippen molar-refractivity contribution in [3.63, 3.8) is 0 Å². The Balaban J connectivity index is 0.000000171. The van der Waals surface area contributed by atoms with E-state index >= 15 is 0 Å². The summed E-state index contributed by atoms with van der Waals surface area (Å²) in [4.78, 5) is 22.5. The second-order valence-electron chi connectivity index (χ2n) is 18.8. The number of hydroxylamine groups is 4. The van der Waals surface area contributed by atoms with Gasteiger partial charge in [-0.05, 0) is 141 Å². The maximum atomic E-state index is 6.43. The SMILES string of the molecule is C#CC(C)(C)C.COC1CCC2(CC1)Cc1ccc(Br)cc1C21N=C(N)N(C)O1.COC1CCC2(CC1)Cc1ccc(C#CC(C)(C)C)cc1C21N=C(N)N(C)O1. The first-order chi connectivity index (χ1) is 26.7. The first kappa shape index (κ1) is 43.0. The van der Waals surface area contributed by atoms with Gasteiger partial charge in [0.15, 0.2) is 0 Å². The van der Waals surface area contributed by atoms with E-state index in [9.17, 15) is 0 Å². The van der Waals surface area contributed by atoms with Crippen molar-refractivity contribution in [1.82, 2.24) is 10.1 Å². The molecule has 4 N–H and O–H groups in total. The Labute approximate surface area is 349 Å². The van der Waals surface area contributed by atoms with Gasteiger partial charge in [0.1, 0.15) is 0 Å². The number of fused-ring (bicyclic) bond motifs is 6. The summed E-state index contributed by atoms with van der Waals surface area (Å²) in [6.07, 6.45) is 15.8. The minimum atomic E-state index is -0.751. The minimum Gasteiger partial charge on any atom is -0.381 e. The van der Waals surface area contributed by atoms with Crippen LogP contribution in [0.2, 0.25) is 0 Å². The zero-order valence-electron chi connectivity index (χ0n) is 35.7. The van der Waals surface area contributed by atoms with Gasteiger partial charge in [0, 0.05) is 71.1 Å². The van der Waals surface area contributed by atoms with E-state index in [4.69, 9.17) is 47.0 Å². The highest BCUT2D eigenvalue weighted by Gasteiger charge is 2.64. The van der Waals surface area contributed by atoms with Crippen molar-refractivity contribution < 1.29 is 19.1 Å². The molecule has 2 fully saturated rings. The topological polar surface area (TPSA) is 120 Å². The molecule has 2 aromatic rings. The van der Waals surface area contributed by atoms with E-state index < -0.39 is 11.4 Å². The van der Waals surface area contributed by atoms with Gasteiger partial charge in [-0.1, -0.05) is 39.9 Å². The van der Waals surface area contributed by atoms with Crippen LogP contribution >= 0.6 is 15.9 Å². The number of methoxy groups -OCH3 is 2. The standard InChI is InChI=1S/C23H31N3O2.C17H22BrN3O2.C6H10/c1-21(2,3)11-8-16-6-7-17-15-22(12-9-18(27-5)10-13-22)23(19(17)14-16)25-20(24)26(4)28-23;1-21-15(19)20-17(23-21)14-9-12(18)4-3-11(14)10-16(17)7-5-13(22-2)6-8-16;1-5-6(2,3)4/h6-7,14,18H,9-10,12-13,15H2,1-5H3,(H2,24,25);3-4,9,13H,5-8,10H2,1-2H3,(H2,19,20);1H,2-4H3. The van der Waals surface area contributed by atoms with Gasteiger partial charge in [-0.15, -0.1) is 12.3 Å². The third-order valence-electron chi connectivity index (χ3n) is 12.6. The number of rotatable bonds is 2. The number of hydrogen-bond acceptors (Lipinski definition) is 10. The molecule has 2 unspecified atom stereocenters. The van der Waals surface area contributed by atoms with Gasteiger partial charge in [-0.2, -0.15) is 0 Å². The minimum absolute atomic E-state index is 0.0386. The fraction of sp³-hybridized carbons (Fsp3) is 0.609. The lowest BCUT2D eigenvalue weighted by Crippen LogP contribution is -2.46. The van der Waals surface area contributed by atoms with Crippen molar-refractivity contribution in [2.75, 3.05) is 28.3 Å². The molecule has 308 valence electrons. The van der Waals surface area contributed by atoms with Crippen LogP contribution in [0.25, 0.3) is 0 Å². The van der Waals surface area contributed by atoms with Crippen molar-refractivity contribution in [3.05, 3.63) is 68.7 Å². The lowest BCUT2D eigenvalue weighted by atomic mass is 9.66. The highest BCUT2D eigenvalue weighted by atomic mass is 79.9. The van der Waals surface area contributed by atoms with E-state index in [0.717, 1.165) is 85.4 Å². The number of guanidine groups is 2. The molecule has 0 saturated heterocycles. The molecular weight excluding hydrogens is 780 g/mol. The average Bonchev–Trinajstić information content (AvgIpc) is 3.81. The number of benzene rings is 2. The molecule has 2 saturated carbocycles. The normalized spacial score (nSPS) is 31.1. The molecule has 57 heavy (non-hydrogen) atoms. The monoisotopic (exact) mass is 842 g/mol. The molecule has 2 aromatic carbocycles. The molecule has 10 nitrogen and oxygen atoms in total. The van der Waals surface area contributed by atoms with E-state index in [1.54, 1.807) is 24.3 Å². The number of halogens is 1. The van der Waals surface area contributed by atoms with Gasteiger partial charge < -0.3 is 20.9 Å². The second kappa shape index (κ2) is 15.9. The van der Waals surface area contributed by atoms with Gasteiger partial charge in [0.25, 0.3) is 0 Å². The molecule has 2 aliphatic heterocycles. The van der Waals surface area contributed by atoms with E-state index in [1.807, 2.05) is 34.9 Å². The Morgan fingerprint density at radius 2 is 1.16 bits per heavy atom. The van der Waals surface area contributed by atoms with Crippen LogP contribution in [0, 0.1) is 45.8 Å². The maximum absolute atomic E-state index is 6.43. The molecule has 0 radical (unpaired) electrons. The average molecular weight is 844 g/mol. The van der Waals surface area contributed by atoms with Crippen LogP contribution in [0.1, 0.15) is 121 Å². The highest BCUT2D eigenvalue weighted by molar-refractivity contribution is 9.10. The smallest absolute Gasteiger partial charge is 0.220 e. The van der Waals surface area contributed by atoms with Crippen molar-refractivity contribution in [3.8, 4) is 24.2 Å². The molecule has 0 amide bonds. The summed E-state index contributed by atoms with van der Waals surface area (Å²) in [6.45, 7) is 12.4. The van der Waals surface area contributed by atoms with Gasteiger partial charge in [0.05, 0.1) is 12.2 Å². The number of hydrogen-bond donors (Lipinski definition) is 2. The summed E-state index contributed by atoms with van der Waals surface area (Å²) < 4.78 is 12.2. The van der Waals surface area contributed by atoms with Gasteiger partial charge in [-0.25, -0.2) is 29.8 Å². The van der Waals surface area contributed by atoms with E-state index in [1.165, 1.54) is 11.1 Å². The molecule has 6 aliphatic rings. The third kappa shape index (κ3) is 8.21. The van der Waals surface area contributed by atoms with Gasteiger partial charge in [0.2, 0.25) is 23.4 Å². The van der Waals surface area contributed by atoms with Crippen molar-refractivity contribution in [2.24, 2.45) is 43.1 Å². The zero-order chi connectivity index (χ0) is 41.6. The fourth-order valence-electron chi connectivity index (χ4n) is 9.38. The Morgan fingerprint density at radius 1 is 0.737 bits per heavy atom. The number of ether oxygens (including phenoxy) is 2. The van der Waals surface area contributed by atoms with E-state index in [2.05, 4.69) is 90.9 Å². The second-order valence-corrected chi connectivity index (χ2v) is 19.7. The van der Waals surface area contributed by atoms with Crippen LogP contribution in [-0.4, -0.2) is 62.6 Å². The molecule has 2 atom stereocenters. The number of terminal acetylenes is 1. The van der Waals surface area contributed by atoms with Crippen LogP contribution in [-0.2, 0) is 43.4 Å². The lowest BCUT2D eigenvalue weighted by Gasteiger charge is -2.45. The van der Waals surface area contributed by atoms with Gasteiger partial charge >= 0.3 is 0 Å². The Morgan fingerprint density at radius 3 is 1.53 bits per heavy atom. The summed E-state index contributed by atoms with van der Waals surface area (Å²) in [5.74, 6) is 10.2. The van der Waals surface area contributed by atoms with Crippen LogP contribution in [0.5, 0.6) is 0 Å². The van der Waals surface area contributed by atoms with Crippen molar-refractivity contribution in [1.29, 1.82) is 0 Å². The van der Waals surface area contributed by atoms with Crippen LogP contribution in [0.4, 0.5) is 0 Å². The molecular formula is C46H63BrN6O4. The first-order valence-corrected chi connectivity index (χ1v) is 21.1. The zero-order valence-corrected chi connectivity index (χ0v) is 37.3. The summed E-state index contributed by atoms with van der Waals surface area (Å²) in [5.41, 5.74) is 16.6. The summed E-state index contributed by atoms with van der Waals surface area (Å²) in [6, 6.07) is 12.9. The molecule has 8 rings (SSSR count). The number of aliphatic imine (C=N–C) groups is 2. The maximum Gasteiger partial charge on any atom is 0.220 e. The molecule has 2 heterocycles. The number of nitrogens with zero attached hydrogens (tertiary/aromatic N) is 4. The fourth-order valence-corrected chi connectivity index (χ4v) is 9.74. The van der Waals surface area contributed by atoms with Crippen molar-refractivity contribution in [2.45, 2.75) is 129 Å². The van der Waals surface area contributed by atoms with Crippen LogP contribution < -0.4 is 11.5 Å². The van der Waals surface area contributed by atoms with Crippen LogP contribution in [0.3, 0.4) is 0 Å². The summed E-state index contributed by atoms with van der Waals surface area (Å²) in [5, 5.41) is 3.23. The molecule has 4 spiro atoms. The predicted octanol–water partition coefficient (Wildman–Crippen LogP) is 8.15. The quantitative estimate of drug-likeness (QED) is 0.291. The summed E-state index contributed by atoms with van der Waals surface area (Å²) >= 11 is 3.59. The van der Waals surface area contributed by atoms with Gasteiger partial charge in [-0.3, -0.25) is 0 Å². The summed E-state index contributed by atoms with van der Waals surface area (Å²) in [7, 11) is 7.27. The Hall–Kier alpha value is -3.58. The van der Waals surface area contributed by atoms with E-state index in [-0.39, 0.29) is 21.7 Å². The third-order valence-corrected chi connectivity index (χ3v) is 13.1. The Kier molecular flexibility index (Phi) is 12.0. The molecule has 4 aliphatic carbocycles. The highest BCUT2D eigenvalue weighted by Crippen LogP contribution is 2.63. The van der Waals surface area contributed by atoms with E-state index in [0.29, 0.717) is 24.1 Å². The molecule has 0 aromatic heterocycles. The number of nitrogens with two attached hydrogens (primary N) is 2. The Bertz CT molecular complexity index is 1980. The molecule has 0 bridgehead atoms. The largest absolute Gasteiger partial charge is 0.381 e.